The fraction of sp³-hybridized carbons (Fsp3) is 0.267. The molecule has 118 valence electrons. The number of sulfonamides is 1. The van der Waals surface area contributed by atoms with Crippen LogP contribution in [0.2, 0.25) is 0 Å². The molecule has 1 atom stereocenters. The minimum absolute atomic E-state index is 0.309. The first-order chi connectivity index (χ1) is 10.2. The predicted molar refractivity (Wildman–Crippen MR) is 87.8 cm³/mol. The Labute approximate surface area is 133 Å². The van der Waals surface area contributed by atoms with E-state index in [4.69, 9.17) is 5.11 Å². The molecule has 1 aromatic heterocycles. The lowest BCUT2D eigenvalue weighted by Crippen LogP contribution is -2.25. The monoisotopic (exact) mass is 339 g/mol. The van der Waals surface area contributed by atoms with E-state index < -0.39 is 16.0 Å². The van der Waals surface area contributed by atoms with Gasteiger partial charge in [0.05, 0.1) is 6.26 Å². The van der Waals surface area contributed by atoms with Gasteiger partial charge >= 0.3 is 5.97 Å². The molecule has 2 rings (SSSR count). The fourth-order valence-corrected chi connectivity index (χ4v) is 3.98. The van der Waals surface area contributed by atoms with Crippen LogP contribution in [-0.2, 0) is 10.0 Å². The highest BCUT2D eigenvalue weighted by Crippen LogP contribution is 2.33. The van der Waals surface area contributed by atoms with E-state index in [-0.39, 0.29) is 6.04 Å². The van der Waals surface area contributed by atoms with Gasteiger partial charge in [-0.15, -0.1) is 11.3 Å². The summed E-state index contributed by atoms with van der Waals surface area (Å²) in [7, 11) is -3.26. The SMILES string of the molecule is Cc1cc(C(=O)O)sc1-c1ccc([C@H](C)NS(C)(=O)=O)cc1. The Balaban J connectivity index is 2.27. The summed E-state index contributed by atoms with van der Waals surface area (Å²) in [4.78, 5) is 12.2. The standard InChI is InChI=1S/C15H17NO4S2/c1-9-8-13(15(17)18)21-14(9)12-6-4-11(5-7-12)10(2)16-22(3,19)20/h4-8,10,16H,1-3H3,(H,17,18)/t10-/m0/s1. The number of carboxylic acids is 1. The van der Waals surface area contributed by atoms with Crippen molar-refractivity contribution in [2.24, 2.45) is 0 Å². The lowest BCUT2D eigenvalue weighted by atomic mass is 10.0. The van der Waals surface area contributed by atoms with Crippen molar-refractivity contribution in [2.75, 3.05) is 6.26 Å². The second-order valence-corrected chi connectivity index (χ2v) is 7.99. The van der Waals surface area contributed by atoms with Crippen molar-refractivity contribution < 1.29 is 18.3 Å². The van der Waals surface area contributed by atoms with E-state index in [9.17, 15) is 13.2 Å². The number of aryl methyl sites for hydroxylation is 1. The zero-order chi connectivity index (χ0) is 16.5. The summed E-state index contributed by atoms with van der Waals surface area (Å²) in [5.41, 5.74) is 2.68. The van der Waals surface area contributed by atoms with Crippen molar-refractivity contribution in [2.45, 2.75) is 19.9 Å². The molecule has 2 N–H and O–H groups in total. The second kappa shape index (κ2) is 6.20. The summed E-state index contributed by atoms with van der Waals surface area (Å²) in [5, 5.41) is 9.04. The number of benzene rings is 1. The average molecular weight is 339 g/mol. The molecule has 0 amide bonds. The molecule has 0 unspecified atom stereocenters. The zero-order valence-electron chi connectivity index (χ0n) is 12.5. The molecule has 2 aromatic rings. The van der Waals surface area contributed by atoms with E-state index >= 15 is 0 Å². The van der Waals surface area contributed by atoms with E-state index in [0.717, 1.165) is 27.8 Å². The van der Waals surface area contributed by atoms with Gasteiger partial charge in [0.1, 0.15) is 4.88 Å². The molecular weight excluding hydrogens is 322 g/mol. The van der Waals surface area contributed by atoms with Crippen LogP contribution in [0.4, 0.5) is 0 Å². The van der Waals surface area contributed by atoms with Crippen molar-refractivity contribution in [3.63, 3.8) is 0 Å². The normalized spacial score (nSPS) is 13.0. The van der Waals surface area contributed by atoms with Gasteiger partial charge in [-0.2, -0.15) is 0 Å². The highest BCUT2D eigenvalue weighted by atomic mass is 32.2. The van der Waals surface area contributed by atoms with E-state index in [1.54, 1.807) is 13.0 Å². The number of carbonyl (C=O) groups is 1. The van der Waals surface area contributed by atoms with Crippen LogP contribution in [0.25, 0.3) is 10.4 Å². The van der Waals surface area contributed by atoms with Crippen molar-refractivity contribution >= 4 is 27.3 Å². The molecule has 1 aromatic carbocycles. The molecule has 0 fully saturated rings. The topological polar surface area (TPSA) is 83.5 Å². The van der Waals surface area contributed by atoms with Crippen molar-refractivity contribution in [3.8, 4) is 10.4 Å². The molecule has 0 aliphatic heterocycles. The first kappa shape index (κ1) is 16.7. The van der Waals surface area contributed by atoms with Crippen LogP contribution in [-0.4, -0.2) is 25.7 Å². The maximum absolute atomic E-state index is 11.2. The van der Waals surface area contributed by atoms with Crippen LogP contribution in [0.5, 0.6) is 0 Å². The molecule has 7 heteroatoms. The third-order valence-electron chi connectivity index (χ3n) is 3.19. The van der Waals surface area contributed by atoms with Crippen LogP contribution in [0, 0.1) is 6.92 Å². The van der Waals surface area contributed by atoms with Crippen LogP contribution in [0.3, 0.4) is 0 Å². The molecule has 0 aliphatic rings. The van der Waals surface area contributed by atoms with E-state index in [0.29, 0.717) is 4.88 Å². The number of hydrogen-bond acceptors (Lipinski definition) is 4. The molecular formula is C15H17NO4S2. The van der Waals surface area contributed by atoms with Gasteiger partial charge in [-0.3, -0.25) is 0 Å². The Morgan fingerprint density at radius 2 is 1.86 bits per heavy atom. The number of hydrogen-bond donors (Lipinski definition) is 2. The molecule has 0 saturated heterocycles. The van der Waals surface area contributed by atoms with Gasteiger partial charge in [-0.25, -0.2) is 17.9 Å². The molecule has 0 spiro atoms. The van der Waals surface area contributed by atoms with Crippen molar-refractivity contribution in [1.29, 1.82) is 0 Å². The molecule has 0 bridgehead atoms. The van der Waals surface area contributed by atoms with Crippen LogP contribution >= 0.6 is 11.3 Å². The number of nitrogens with one attached hydrogen (secondary N) is 1. The molecule has 0 aliphatic carbocycles. The minimum atomic E-state index is -3.26. The molecule has 5 nitrogen and oxygen atoms in total. The van der Waals surface area contributed by atoms with Gasteiger partial charge in [-0.05, 0) is 36.6 Å². The summed E-state index contributed by atoms with van der Waals surface area (Å²) in [6, 6.07) is 8.78. The largest absolute Gasteiger partial charge is 0.477 e. The number of thiophene rings is 1. The number of carboxylic acid groups (broad SMARTS) is 1. The Kier molecular flexibility index (Phi) is 4.69. The van der Waals surface area contributed by atoms with Crippen LogP contribution < -0.4 is 4.72 Å². The van der Waals surface area contributed by atoms with E-state index in [1.807, 2.05) is 31.2 Å². The molecule has 0 saturated carbocycles. The number of aromatic carboxylic acids is 1. The van der Waals surface area contributed by atoms with Gasteiger partial charge < -0.3 is 5.11 Å². The quantitative estimate of drug-likeness (QED) is 0.877. The maximum atomic E-state index is 11.2. The summed E-state index contributed by atoms with van der Waals surface area (Å²) < 4.78 is 25.0. The zero-order valence-corrected chi connectivity index (χ0v) is 14.1. The Morgan fingerprint density at radius 3 is 2.32 bits per heavy atom. The Morgan fingerprint density at radius 1 is 1.27 bits per heavy atom. The minimum Gasteiger partial charge on any atom is -0.477 e. The van der Waals surface area contributed by atoms with E-state index in [2.05, 4.69) is 4.72 Å². The van der Waals surface area contributed by atoms with E-state index in [1.165, 1.54) is 11.3 Å². The first-order valence-electron chi connectivity index (χ1n) is 6.59. The lowest BCUT2D eigenvalue weighted by molar-refractivity contribution is 0.0702. The van der Waals surface area contributed by atoms with Gasteiger partial charge in [0.2, 0.25) is 10.0 Å². The summed E-state index contributed by atoms with van der Waals surface area (Å²) in [6.45, 7) is 3.65. The van der Waals surface area contributed by atoms with Crippen molar-refractivity contribution in [1.82, 2.24) is 4.72 Å². The Bertz CT molecular complexity index is 791. The highest BCUT2D eigenvalue weighted by molar-refractivity contribution is 7.88. The summed E-state index contributed by atoms with van der Waals surface area (Å²) in [5.74, 6) is -0.929. The lowest BCUT2D eigenvalue weighted by Gasteiger charge is -2.13. The fourth-order valence-electron chi connectivity index (χ4n) is 2.19. The molecule has 22 heavy (non-hydrogen) atoms. The average Bonchev–Trinajstić information content (AvgIpc) is 2.79. The summed E-state index contributed by atoms with van der Waals surface area (Å²) >= 11 is 1.23. The van der Waals surface area contributed by atoms with Crippen LogP contribution in [0.1, 0.15) is 33.8 Å². The second-order valence-electron chi connectivity index (χ2n) is 5.16. The third-order valence-corrected chi connectivity index (χ3v) is 5.25. The van der Waals surface area contributed by atoms with Gasteiger partial charge in [0.25, 0.3) is 0 Å². The molecule has 1 heterocycles. The van der Waals surface area contributed by atoms with Gasteiger partial charge in [0.15, 0.2) is 0 Å². The van der Waals surface area contributed by atoms with Crippen LogP contribution in [0.15, 0.2) is 30.3 Å². The Hall–Kier alpha value is -1.70. The van der Waals surface area contributed by atoms with Gasteiger partial charge in [-0.1, -0.05) is 24.3 Å². The summed E-state index contributed by atoms with van der Waals surface area (Å²) in [6.07, 6.45) is 1.13. The smallest absolute Gasteiger partial charge is 0.345 e. The highest BCUT2D eigenvalue weighted by Gasteiger charge is 2.14. The number of rotatable bonds is 5. The van der Waals surface area contributed by atoms with Crippen molar-refractivity contribution in [3.05, 3.63) is 46.3 Å². The first-order valence-corrected chi connectivity index (χ1v) is 9.29. The maximum Gasteiger partial charge on any atom is 0.345 e. The van der Waals surface area contributed by atoms with Gasteiger partial charge in [0, 0.05) is 10.9 Å². The predicted octanol–water partition coefficient (Wildman–Crippen LogP) is 3.03. The molecule has 0 radical (unpaired) electrons. The third kappa shape index (κ3) is 3.94.